The number of methoxy groups -OCH3 is 1. The van der Waals surface area contributed by atoms with E-state index >= 15 is 0 Å². The highest BCUT2D eigenvalue weighted by Crippen LogP contribution is 2.41. The molecule has 0 radical (unpaired) electrons. The second-order valence-corrected chi connectivity index (χ2v) is 7.41. The number of hydrogen-bond donors (Lipinski definition) is 0. The number of amides is 1. The van der Waals surface area contributed by atoms with Crippen LogP contribution in [0.3, 0.4) is 0 Å². The molecule has 5 nitrogen and oxygen atoms in total. The third-order valence-electron chi connectivity index (χ3n) is 5.89. The third kappa shape index (κ3) is 4.06. The molecule has 1 amide bonds. The van der Waals surface area contributed by atoms with Crippen molar-refractivity contribution in [1.82, 2.24) is 4.90 Å². The van der Waals surface area contributed by atoms with Gasteiger partial charge >= 0.3 is 5.97 Å². The van der Waals surface area contributed by atoms with Crippen molar-refractivity contribution >= 4 is 11.9 Å². The van der Waals surface area contributed by atoms with Gasteiger partial charge in [0.1, 0.15) is 6.10 Å². The quantitative estimate of drug-likeness (QED) is 0.729. The van der Waals surface area contributed by atoms with Crippen LogP contribution in [0.25, 0.3) is 0 Å². The maximum Gasteiger partial charge on any atom is 0.311 e. The van der Waals surface area contributed by atoms with E-state index in [9.17, 15) is 9.59 Å². The number of rotatable bonds is 5. The van der Waals surface area contributed by atoms with Crippen molar-refractivity contribution in [1.29, 1.82) is 0 Å². The van der Waals surface area contributed by atoms with Gasteiger partial charge in [0.05, 0.1) is 12.5 Å². The molecule has 2 saturated carbocycles. The van der Waals surface area contributed by atoms with Crippen LogP contribution in [0.5, 0.6) is 0 Å². The minimum absolute atomic E-state index is 0.0417. The number of ether oxygens (including phenoxy) is 2. The largest absolute Gasteiger partial charge is 0.462 e. The molecule has 1 aliphatic heterocycles. The minimum atomic E-state index is -0.288. The fourth-order valence-electron chi connectivity index (χ4n) is 4.55. The molecule has 23 heavy (non-hydrogen) atoms. The normalized spacial score (nSPS) is 34.3. The van der Waals surface area contributed by atoms with E-state index in [0.717, 1.165) is 24.7 Å². The molecule has 130 valence electrons. The summed E-state index contributed by atoms with van der Waals surface area (Å²) in [6.45, 7) is 1.56. The lowest BCUT2D eigenvalue weighted by molar-refractivity contribution is -0.157. The summed E-state index contributed by atoms with van der Waals surface area (Å²) in [6, 6.07) is 0. The Balaban J connectivity index is 1.47. The number of carbonyl (C=O) groups is 2. The van der Waals surface area contributed by atoms with Gasteiger partial charge in [-0.15, -0.1) is 0 Å². The van der Waals surface area contributed by atoms with Gasteiger partial charge in [-0.2, -0.15) is 0 Å². The molecule has 3 fully saturated rings. The number of esters is 1. The lowest BCUT2D eigenvalue weighted by atomic mass is 9.70. The van der Waals surface area contributed by atoms with E-state index in [0.29, 0.717) is 26.1 Å². The van der Waals surface area contributed by atoms with Gasteiger partial charge in [0.2, 0.25) is 5.91 Å². The zero-order valence-electron chi connectivity index (χ0n) is 14.2. The third-order valence-corrected chi connectivity index (χ3v) is 5.89. The van der Waals surface area contributed by atoms with E-state index in [1.165, 1.54) is 32.1 Å². The summed E-state index contributed by atoms with van der Waals surface area (Å²) < 4.78 is 10.8. The molecule has 3 rings (SSSR count). The highest BCUT2D eigenvalue weighted by molar-refractivity contribution is 5.86. The molecule has 1 heterocycles. The van der Waals surface area contributed by atoms with Crippen LogP contribution in [0.2, 0.25) is 0 Å². The van der Waals surface area contributed by atoms with E-state index < -0.39 is 0 Å². The van der Waals surface area contributed by atoms with Crippen molar-refractivity contribution in [2.45, 2.75) is 57.5 Å². The molecule has 2 aliphatic carbocycles. The second kappa shape index (κ2) is 7.65. The summed E-state index contributed by atoms with van der Waals surface area (Å²) in [5.74, 6) is 1.19. The SMILES string of the molecule is COCCN1C[C@H](C(=O)O[C@@H]2CC[C@@H]3CCCC[C@@H]3C2)CC1=O. The minimum Gasteiger partial charge on any atom is -0.462 e. The van der Waals surface area contributed by atoms with Crippen LogP contribution in [-0.2, 0) is 19.1 Å². The first-order valence-electron chi connectivity index (χ1n) is 9.14. The molecule has 4 atom stereocenters. The highest BCUT2D eigenvalue weighted by Gasteiger charge is 2.38. The lowest BCUT2D eigenvalue weighted by Gasteiger charge is -2.39. The first-order chi connectivity index (χ1) is 11.2. The maximum absolute atomic E-state index is 12.4. The van der Waals surface area contributed by atoms with Gasteiger partial charge in [-0.25, -0.2) is 0 Å². The summed E-state index contributed by atoms with van der Waals surface area (Å²) in [7, 11) is 1.62. The number of nitrogens with zero attached hydrogens (tertiary/aromatic N) is 1. The van der Waals surface area contributed by atoms with Gasteiger partial charge in [0.25, 0.3) is 0 Å². The molecule has 1 saturated heterocycles. The smallest absolute Gasteiger partial charge is 0.311 e. The summed E-state index contributed by atoms with van der Waals surface area (Å²) in [5.41, 5.74) is 0. The predicted octanol–water partition coefficient (Wildman–Crippen LogP) is 2.38. The number of likely N-dealkylation sites (tertiary alicyclic amines) is 1. The molecule has 0 aromatic heterocycles. The second-order valence-electron chi connectivity index (χ2n) is 7.41. The average Bonchev–Trinajstić information content (AvgIpc) is 2.94. The van der Waals surface area contributed by atoms with Gasteiger partial charge in [0, 0.05) is 26.6 Å². The van der Waals surface area contributed by atoms with Crippen molar-refractivity contribution in [3.8, 4) is 0 Å². The summed E-state index contributed by atoms with van der Waals surface area (Å²) in [6.07, 6.45) is 8.95. The Morgan fingerprint density at radius 2 is 1.96 bits per heavy atom. The average molecular weight is 323 g/mol. The summed E-state index contributed by atoms with van der Waals surface area (Å²) in [4.78, 5) is 26.1. The molecule has 3 aliphatic rings. The fraction of sp³-hybridized carbons (Fsp3) is 0.889. The van der Waals surface area contributed by atoms with Gasteiger partial charge in [-0.3, -0.25) is 9.59 Å². The van der Waals surface area contributed by atoms with E-state index in [4.69, 9.17) is 9.47 Å². The predicted molar refractivity (Wildman–Crippen MR) is 85.7 cm³/mol. The number of carbonyl (C=O) groups excluding carboxylic acids is 2. The number of hydrogen-bond acceptors (Lipinski definition) is 4. The highest BCUT2D eigenvalue weighted by atomic mass is 16.5. The Hall–Kier alpha value is -1.10. The maximum atomic E-state index is 12.4. The Bertz CT molecular complexity index is 439. The van der Waals surface area contributed by atoms with Crippen LogP contribution in [-0.4, -0.2) is 49.7 Å². The van der Waals surface area contributed by atoms with Crippen LogP contribution < -0.4 is 0 Å². The fourth-order valence-corrected chi connectivity index (χ4v) is 4.55. The Morgan fingerprint density at radius 1 is 1.17 bits per heavy atom. The number of fused-ring (bicyclic) bond motifs is 1. The molecule has 0 N–H and O–H groups in total. The van der Waals surface area contributed by atoms with Crippen molar-refractivity contribution in [2.24, 2.45) is 17.8 Å². The zero-order valence-corrected chi connectivity index (χ0v) is 14.2. The van der Waals surface area contributed by atoms with Crippen LogP contribution in [0.15, 0.2) is 0 Å². The van der Waals surface area contributed by atoms with Crippen LogP contribution in [0, 0.1) is 17.8 Å². The molecular weight excluding hydrogens is 294 g/mol. The summed E-state index contributed by atoms with van der Waals surface area (Å²) in [5, 5.41) is 0. The van der Waals surface area contributed by atoms with E-state index in [1.807, 2.05) is 0 Å². The van der Waals surface area contributed by atoms with Crippen molar-refractivity contribution in [3.05, 3.63) is 0 Å². The molecule has 0 aromatic rings. The first-order valence-corrected chi connectivity index (χ1v) is 9.14. The van der Waals surface area contributed by atoms with Crippen molar-refractivity contribution in [3.63, 3.8) is 0 Å². The first kappa shape index (κ1) is 16.7. The van der Waals surface area contributed by atoms with Crippen molar-refractivity contribution in [2.75, 3.05) is 26.8 Å². The van der Waals surface area contributed by atoms with Gasteiger partial charge in [0.15, 0.2) is 0 Å². The molecule has 0 aromatic carbocycles. The lowest BCUT2D eigenvalue weighted by Crippen LogP contribution is -2.35. The van der Waals surface area contributed by atoms with Crippen LogP contribution >= 0.6 is 0 Å². The topological polar surface area (TPSA) is 55.8 Å². The molecule has 0 spiro atoms. The Morgan fingerprint density at radius 3 is 2.74 bits per heavy atom. The molecule has 0 bridgehead atoms. The van der Waals surface area contributed by atoms with Crippen LogP contribution in [0.1, 0.15) is 51.4 Å². The van der Waals surface area contributed by atoms with E-state index in [2.05, 4.69) is 0 Å². The zero-order chi connectivity index (χ0) is 16.2. The Labute approximate surface area is 138 Å². The molecule has 5 heteroatoms. The summed E-state index contributed by atoms with van der Waals surface area (Å²) >= 11 is 0. The van der Waals surface area contributed by atoms with Gasteiger partial charge in [-0.1, -0.05) is 25.7 Å². The molecular formula is C18H29NO4. The van der Waals surface area contributed by atoms with E-state index in [-0.39, 0.29) is 23.9 Å². The molecule has 0 unspecified atom stereocenters. The van der Waals surface area contributed by atoms with Gasteiger partial charge < -0.3 is 14.4 Å². The van der Waals surface area contributed by atoms with E-state index in [1.54, 1.807) is 12.0 Å². The van der Waals surface area contributed by atoms with Gasteiger partial charge in [-0.05, 0) is 31.1 Å². The Kier molecular flexibility index (Phi) is 5.57. The monoisotopic (exact) mass is 323 g/mol. The standard InChI is InChI=1S/C18H29NO4/c1-22-9-8-19-12-15(11-17(19)20)18(21)23-16-7-6-13-4-2-3-5-14(13)10-16/h13-16H,2-12H2,1H3/t13-,14+,15+,16+/m0/s1. The van der Waals surface area contributed by atoms with Crippen molar-refractivity contribution < 1.29 is 19.1 Å². The van der Waals surface area contributed by atoms with Crippen LogP contribution in [0.4, 0.5) is 0 Å².